The minimum absolute atomic E-state index is 0.181. The molecule has 2 aromatic rings. The zero-order valence-electron chi connectivity index (χ0n) is 19.3. The standard InChI is InChI=1S/C26H31N3O4/c1-3-33-23(31)18-10-5-4-9-17-22(30)27-25-26(32)29(2)21-16-12-11-15-20(21)24(28-25)19-13-7-6-8-14-19/h6-8,11-16,25H,3-5,9-10,17-18H2,1-2H3,(H,27,30). The van der Waals surface area contributed by atoms with Crippen LogP contribution in [0.4, 0.5) is 5.69 Å². The molecule has 1 N–H and O–H groups in total. The topological polar surface area (TPSA) is 88.1 Å². The van der Waals surface area contributed by atoms with Crippen molar-refractivity contribution < 1.29 is 19.1 Å². The Kier molecular flexibility index (Phi) is 8.75. The number of rotatable bonds is 10. The van der Waals surface area contributed by atoms with Gasteiger partial charge >= 0.3 is 5.97 Å². The van der Waals surface area contributed by atoms with Crippen LogP contribution in [0, 0.1) is 0 Å². The Labute approximate surface area is 194 Å². The second-order valence-electron chi connectivity index (χ2n) is 7.95. The van der Waals surface area contributed by atoms with E-state index in [2.05, 4.69) is 5.32 Å². The van der Waals surface area contributed by atoms with Crippen LogP contribution >= 0.6 is 0 Å². The fourth-order valence-corrected chi connectivity index (χ4v) is 3.81. The molecule has 33 heavy (non-hydrogen) atoms. The minimum atomic E-state index is -0.992. The molecule has 7 nitrogen and oxygen atoms in total. The molecule has 174 valence electrons. The molecule has 2 amide bonds. The van der Waals surface area contributed by atoms with E-state index in [0.29, 0.717) is 31.6 Å². The maximum absolute atomic E-state index is 13.1. The summed E-state index contributed by atoms with van der Waals surface area (Å²) in [5.74, 6) is -0.676. The van der Waals surface area contributed by atoms with Crippen LogP contribution in [0.15, 0.2) is 59.6 Å². The van der Waals surface area contributed by atoms with Crippen molar-refractivity contribution in [3.63, 3.8) is 0 Å². The van der Waals surface area contributed by atoms with Crippen molar-refractivity contribution in [1.29, 1.82) is 0 Å². The van der Waals surface area contributed by atoms with E-state index >= 15 is 0 Å². The normalized spacial score (nSPS) is 15.3. The second-order valence-corrected chi connectivity index (χ2v) is 7.95. The molecule has 0 saturated carbocycles. The Morgan fingerprint density at radius 3 is 2.36 bits per heavy atom. The molecule has 0 radical (unpaired) electrons. The molecular weight excluding hydrogens is 418 g/mol. The number of esters is 1. The van der Waals surface area contributed by atoms with Gasteiger partial charge in [0, 0.05) is 31.0 Å². The Morgan fingerprint density at radius 1 is 0.970 bits per heavy atom. The number of unbranched alkanes of at least 4 members (excludes halogenated alkanes) is 3. The molecule has 2 aromatic carbocycles. The number of fused-ring (bicyclic) bond motifs is 1. The molecule has 0 fully saturated rings. The van der Waals surface area contributed by atoms with Crippen molar-refractivity contribution in [1.82, 2.24) is 5.32 Å². The van der Waals surface area contributed by atoms with Gasteiger partial charge in [-0.15, -0.1) is 0 Å². The first-order valence-corrected chi connectivity index (χ1v) is 11.5. The lowest BCUT2D eigenvalue weighted by molar-refractivity contribution is -0.143. The van der Waals surface area contributed by atoms with Gasteiger partial charge in [0.15, 0.2) is 0 Å². The van der Waals surface area contributed by atoms with E-state index in [0.717, 1.165) is 36.1 Å². The van der Waals surface area contributed by atoms with Gasteiger partial charge in [-0.1, -0.05) is 61.4 Å². The lowest BCUT2D eigenvalue weighted by Gasteiger charge is -2.20. The van der Waals surface area contributed by atoms with Gasteiger partial charge in [-0.3, -0.25) is 14.4 Å². The first-order valence-electron chi connectivity index (χ1n) is 11.5. The maximum atomic E-state index is 13.1. The number of nitrogens with zero attached hydrogens (tertiary/aromatic N) is 2. The van der Waals surface area contributed by atoms with Crippen molar-refractivity contribution in [2.75, 3.05) is 18.6 Å². The second kappa shape index (κ2) is 11.9. The van der Waals surface area contributed by atoms with Crippen LogP contribution in [0.2, 0.25) is 0 Å². The third-order valence-electron chi connectivity index (χ3n) is 5.53. The number of carbonyl (C=O) groups is 3. The number of ether oxygens (including phenoxy) is 1. The van der Waals surface area contributed by atoms with Gasteiger partial charge in [-0.2, -0.15) is 0 Å². The Bertz CT molecular complexity index is 1000. The van der Waals surface area contributed by atoms with Crippen LogP contribution in [0.3, 0.4) is 0 Å². The number of benzene rings is 2. The zero-order valence-corrected chi connectivity index (χ0v) is 19.3. The number of aliphatic imine (C=N–C) groups is 1. The van der Waals surface area contributed by atoms with Crippen LogP contribution in [-0.4, -0.2) is 43.3 Å². The summed E-state index contributed by atoms with van der Waals surface area (Å²) in [6.07, 6.45) is 2.82. The molecular formula is C26H31N3O4. The number of anilines is 1. The monoisotopic (exact) mass is 449 g/mol. The van der Waals surface area contributed by atoms with Crippen LogP contribution < -0.4 is 10.2 Å². The van der Waals surface area contributed by atoms with Gasteiger partial charge < -0.3 is 15.0 Å². The van der Waals surface area contributed by atoms with E-state index in [4.69, 9.17) is 9.73 Å². The molecule has 0 aromatic heterocycles. The molecule has 1 heterocycles. The Hall–Kier alpha value is -3.48. The maximum Gasteiger partial charge on any atom is 0.305 e. The van der Waals surface area contributed by atoms with Crippen LogP contribution in [0.25, 0.3) is 0 Å². The van der Waals surface area contributed by atoms with Crippen LogP contribution in [0.1, 0.15) is 56.6 Å². The SMILES string of the molecule is CCOC(=O)CCCCCCC(=O)NC1N=C(c2ccccc2)c2ccccc2N(C)C1=O. The summed E-state index contributed by atoms with van der Waals surface area (Å²) in [7, 11) is 1.70. The highest BCUT2D eigenvalue weighted by Crippen LogP contribution is 2.27. The zero-order chi connectivity index (χ0) is 23.6. The summed E-state index contributed by atoms with van der Waals surface area (Å²) in [4.78, 5) is 43.3. The smallest absolute Gasteiger partial charge is 0.305 e. The highest BCUT2D eigenvalue weighted by molar-refractivity contribution is 6.20. The summed E-state index contributed by atoms with van der Waals surface area (Å²) in [6.45, 7) is 2.19. The summed E-state index contributed by atoms with van der Waals surface area (Å²) in [5.41, 5.74) is 3.16. The Balaban J connectivity index is 1.64. The van der Waals surface area contributed by atoms with E-state index in [1.54, 1.807) is 18.9 Å². The average Bonchev–Trinajstić information content (AvgIpc) is 2.93. The first-order chi connectivity index (χ1) is 16.0. The number of benzodiazepines with no additional fused rings is 1. The summed E-state index contributed by atoms with van der Waals surface area (Å²) < 4.78 is 4.91. The highest BCUT2D eigenvalue weighted by atomic mass is 16.5. The number of para-hydroxylation sites is 1. The molecule has 0 spiro atoms. The fourth-order valence-electron chi connectivity index (χ4n) is 3.81. The van der Waals surface area contributed by atoms with Gasteiger partial charge in [0.05, 0.1) is 18.0 Å². The number of likely N-dealkylation sites (N-methyl/N-ethyl adjacent to an activating group) is 1. The predicted octanol–water partition coefficient (Wildman–Crippen LogP) is 3.85. The van der Waals surface area contributed by atoms with Crippen molar-refractivity contribution in [3.05, 3.63) is 65.7 Å². The van der Waals surface area contributed by atoms with Gasteiger partial charge in [-0.05, 0) is 25.8 Å². The summed E-state index contributed by atoms with van der Waals surface area (Å²) in [5, 5.41) is 2.81. The lowest BCUT2D eigenvalue weighted by Crippen LogP contribution is -2.46. The molecule has 0 saturated heterocycles. The largest absolute Gasteiger partial charge is 0.466 e. The average molecular weight is 450 g/mol. The molecule has 3 rings (SSSR count). The Morgan fingerprint density at radius 2 is 1.64 bits per heavy atom. The summed E-state index contributed by atoms with van der Waals surface area (Å²) in [6, 6.07) is 17.3. The molecule has 7 heteroatoms. The summed E-state index contributed by atoms with van der Waals surface area (Å²) >= 11 is 0. The first kappa shape index (κ1) is 24.2. The molecule has 1 aliphatic heterocycles. The lowest BCUT2D eigenvalue weighted by atomic mass is 10.0. The van der Waals surface area contributed by atoms with Crippen LogP contribution in [0.5, 0.6) is 0 Å². The minimum Gasteiger partial charge on any atom is -0.466 e. The van der Waals surface area contributed by atoms with Gasteiger partial charge in [-0.25, -0.2) is 4.99 Å². The number of hydrogen-bond donors (Lipinski definition) is 1. The van der Waals surface area contributed by atoms with E-state index in [-0.39, 0.29) is 17.8 Å². The number of carbonyl (C=O) groups excluding carboxylic acids is 3. The number of nitrogens with one attached hydrogen (secondary N) is 1. The van der Waals surface area contributed by atoms with Gasteiger partial charge in [0.1, 0.15) is 0 Å². The van der Waals surface area contributed by atoms with Crippen molar-refractivity contribution in [2.24, 2.45) is 4.99 Å². The quantitative estimate of drug-likeness (QED) is 0.441. The molecule has 1 unspecified atom stereocenters. The van der Waals surface area contributed by atoms with E-state index < -0.39 is 6.17 Å². The van der Waals surface area contributed by atoms with Gasteiger partial charge in [0.25, 0.3) is 5.91 Å². The van der Waals surface area contributed by atoms with Crippen molar-refractivity contribution in [2.45, 2.75) is 51.6 Å². The van der Waals surface area contributed by atoms with Crippen molar-refractivity contribution >= 4 is 29.2 Å². The van der Waals surface area contributed by atoms with E-state index in [9.17, 15) is 14.4 Å². The highest BCUT2D eigenvalue weighted by Gasteiger charge is 2.30. The molecule has 1 atom stereocenters. The van der Waals surface area contributed by atoms with Crippen LogP contribution in [-0.2, 0) is 19.1 Å². The predicted molar refractivity (Wildman–Crippen MR) is 128 cm³/mol. The molecule has 1 aliphatic rings. The molecule has 0 bridgehead atoms. The fraction of sp³-hybridized carbons (Fsp3) is 0.385. The van der Waals surface area contributed by atoms with E-state index in [1.807, 2.05) is 54.6 Å². The number of hydrogen-bond acceptors (Lipinski definition) is 5. The van der Waals surface area contributed by atoms with E-state index in [1.165, 1.54) is 0 Å². The van der Waals surface area contributed by atoms with Crippen molar-refractivity contribution in [3.8, 4) is 0 Å². The molecule has 0 aliphatic carbocycles. The third-order valence-corrected chi connectivity index (χ3v) is 5.53. The third kappa shape index (κ3) is 6.51. The van der Waals surface area contributed by atoms with Gasteiger partial charge in [0.2, 0.25) is 12.1 Å². The number of amides is 2.